The lowest BCUT2D eigenvalue weighted by Crippen LogP contribution is -2.40. The van der Waals surface area contributed by atoms with Crippen molar-refractivity contribution in [2.75, 3.05) is 19.7 Å². The van der Waals surface area contributed by atoms with E-state index in [0.717, 1.165) is 25.1 Å². The van der Waals surface area contributed by atoms with E-state index in [9.17, 15) is 4.79 Å². The highest BCUT2D eigenvalue weighted by molar-refractivity contribution is 7.71. The number of carbonyl (C=O) groups is 1. The summed E-state index contributed by atoms with van der Waals surface area (Å²) in [5, 5.41) is 5.05. The van der Waals surface area contributed by atoms with Crippen molar-refractivity contribution in [2.24, 2.45) is 5.92 Å². The Morgan fingerprint density at radius 2 is 2.32 bits per heavy atom. The molecule has 0 N–H and O–H groups in total. The zero-order chi connectivity index (χ0) is 17.8. The second-order valence-corrected chi connectivity index (χ2v) is 6.87. The molecule has 134 valence electrons. The van der Waals surface area contributed by atoms with Crippen LogP contribution in [0, 0.1) is 10.7 Å². The minimum absolute atomic E-state index is 0.0714. The number of likely N-dealkylation sites (tertiary alicyclic amines) is 1. The molecule has 0 bridgehead atoms. The summed E-state index contributed by atoms with van der Waals surface area (Å²) >= 11 is 11.6. The van der Waals surface area contributed by atoms with Crippen LogP contribution in [0.5, 0.6) is 0 Å². The molecule has 1 aromatic carbocycles. The summed E-state index contributed by atoms with van der Waals surface area (Å²) in [7, 11) is 0. The molecule has 1 saturated heterocycles. The Morgan fingerprint density at radius 1 is 1.48 bits per heavy atom. The number of hydrogen-bond donors (Lipinski definition) is 0. The number of halogens is 1. The first-order valence-electron chi connectivity index (χ1n) is 8.38. The molecule has 6 nitrogen and oxygen atoms in total. The highest BCUT2D eigenvalue weighted by Crippen LogP contribution is 2.19. The van der Waals surface area contributed by atoms with E-state index in [1.807, 2.05) is 35.8 Å². The summed E-state index contributed by atoms with van der Waals surface area (Å²) in [5.41, 5.74) is 0.881. The smallest absolute Gasteiger partial charge is 0.310 e. The molecule has 1 aliphatic rings. The second kappa shape index (κ2) is 8.12. The Morgan fingerprint density at radius 3 is 3.08 bits per heavy atom. The topological polar surface area (TPSA) is 52.3 Å². The van der Waals surface area contributed by atoms with E-state index in [1.165, 1.54) is 0 Å². The maximum absolute atomic E-state index is 12.0. The number of nitrogens with zero attached hydrogens (tertiary/aromatic N) is 4. The van der Waals surface area contributed by atoms with Gasteiger partial charge in [-0.15, -0.1) is 0 Å². The predicted molar refractivity (Wildman–Crippen MR) is 98.3 cm³/mol. The Hall–Kier alpha value is -1.70. The lowest BCUT2D eigenvalue weighted by molar-refractivity contribution is -0.150. The molecule has 0 unspecified atom stereocenters. The molecule has 0 aliphatic carbocycles. The molecule has 25 heavy (non-hydrogen) atoms. The summed E-state index contributed by atoms with van der Waals surface area (Å²) < 4.78 is 9.34. The lowest BCUT2D eigenvalue weighted by atomic mass is 9.99. The molecule has 2 heterocycles. The normalized spacial score (nSPS) is 18.2. The third-order valence-corrected chi connectivity index (χ3v) is 4.92. The van der Waals surface area contributed by atoms with Crippen molar-refractivity contribution in [3.8, 4) is 5.69 Å². The highest BCUT2D eigenvalue weighted by atomic mass is 35.5. The summed E-state index contributed by atoms with van der Waals surface area (Å²) in [4.78, 5) is 14.2. The van der Waals surface area contributed by atoms with Crippen LogP contribution in [0.25, 0.3) is 5.69 Å². The van der Waals surface area contributed by atoms with Crippen LogP contribution >= 0.6 is 23.8 Å². The fourth-order valence-electron chi connectivity index (χ4n) is 3.06. The largest absolute Gasteiger partial charge is 0.466 e. The Balaban J connectivity index is 1.71. The van der Waals surface area contributed by atoms with E-state index < -0.39 is 0 Å². The molecule has 1 aromatic heterocycles. The van der Waals surface area contributed by atoms with Crippen LogP contribution < -0.4 is 0 Å². The van der Waals surface area contributed by atoms with Crippen molar-refractivity contribution in [2.45, 2.75) is 26.4 Å². The number of piperidine rings is 1. The fraction of sp³-hybridized carbons (Fsp3) is 0.471. The van der Waals surface area contributed by atoms with E-state index in [2.05, 4.69) is 10.00 Å². The van der Waals surface area contributed by atoms with Gasteiger partial charge < -0.3 is 4.74 Å². The van der Waals surface area contributed by atoms with E-state index in [0.29, 0.717) is 29.6 Å². The summed E-state index contributed by atoms with van der Waals surface area (Å²) in [6, 6.07) is 7.49. The van der Waals surface area contributed by atoms with Crippen LogP contribution in [0.15, 0.2) is 30.6 Å². The van der Waals surface area contributed by atoms with Gasteiger partial charge in [0.15, 0.2) is 0 Å². The first kappa shape index (κ1) is 18.1. The van der Waals surface area contributed by atoms with E-state index in [-0.39, 0.29) is 11.9 Å². The molecular weight excluding hydrogens is 360 g/mol. The Kier molecular flexibility index (Phi) is 5.88. The fourth-order valence-corrected chi connectivity index (χ4v) is 3.51. The first-order valence-corrected chi connectivity index (χ1v) is 9.16. The Labute approximate surface area is 157 Å². The Bertz CT molecular complexity index is 804. The van der Waals surface area contributed by atoms with Crippen molar-refractivity contribution in [1.82, 2.24) is 19.2 Å². The van der Waals surface area contributed by atoms with Crippen molar-refractivity contribution >= 4 is 29.8 Å². The number of esters is 1. The van der Waals surface area contributed by atoms with Gasteiger partial charge in [0, 0.05) is 11.6 Å². The third kappa shape index (κ3) is 4.29. The average Bonchev–Trinajstić information content (AvgIpc) is 2.96. The van der Waals surface area contributed by atoms with Crippen LogP contribution in [0.3, 0.4) is 0 Å². The quantitative estimate of drug-likeness (QED) is 0.588. The van der Waals surface area contributed by atoms with Crippen LogP contribution in [-0.2, 0) is 16.2 Å². The molecule has 2 aromatic rings. The zero-order valence-corrected chi connectivity index (χ0v) is 15.7. The van der Waals surface area contributed by atoms with Gasteiger partial charge in [-0.1, -0.05) is 17.7 Å². The third-order valence-electron chi connectivity index (χ3n) is 4.28. The number of hydrogen-bond acceptors (Lipinski definition) is 5. The van der Waals surface area contributed by atoms with Crippen molar-refractivity contribution in [3.63, 3.8) is 0 Å². The van der Waals surface area contributed by atoms with Crippen molar-refractivity contribution in [3.05, 3.63) is 40.4 Å². The van der Waals surface area contributed by atoms with Gasteiger partial charge in [0.2, 0.25) is 4.77 Å². The molecule has 1 atom stereocenters. The minimum Gasteiger partial charge on any atom is -0.466 e. The van der Waals surface area contributed by atoms with Crippen molar-refractivity contribution < 1.29 is 9.53 Å². The first-order chi connectivity index (χ1) is 12.1. The predicted octanol–water partition coefficient (Wildman–Crippen LogP) is 3.29. The lowest BCUT2D eigenvalue weighted by Gasteiger charge is -2.31. The molecule has 1 aliphatic heterocycles. The summed E-state index contributed by atoms with van der Waals surface area (Å²) in [6.07, 6.45) is 3.53. The van der Waals surface area contributed by atoms with Gasteiger partial charge in [-0.2, -0.15) is 5.10 Å². The van der Waals surface area contributed by atoms with Gasteiger partial charge in [0.05, 0.1) is 24.9 Å². The number of ether oxygens (including phenoxy) is 1. The number of benzene rings is 1. The minimum atomic E-state index is -0.111. The molecule has 8 heteroatoms. The maximum atomic E-state index is 12.0. The van der Waals surface area contributed by atoms with Gasteiger partial charge in [-0.25, -0.2) is 4.68 Å². The zero-order valence-electron chi connectivity index (χ0n) is 14.1. The molecule has 1 fully saturated rings. The van der Waals surface area contributed by atoms with Crippen LogP contribution in [0.2, 0.25) is 5.02 Å². The summed E-state index contributed by atoms with van der Waals surface area (Å²) in [5.74, 6) is -0.182. The molecule has 0 amide bonds. The molecular formula is C17H21ClN4O2S. The van der Waals surface area contributed by atoms with Crippen LogP contribution in [0.4, 0.5) is 0 Å². The molecule has 0 spiro atoms. The average molecular weight is 381 g/mol. The maximum Gasteiger partial charge on any atom is 0.310 e. The molecule has 3 rings (SSSR count). The number of aromatic nitrogens is 3. The molecule has 0 radical (unpaired) electrons. The van der Waals surface area contributed by atoms with Gasteiger partial charge in [-0.3, -0.25) is 14.3 Å². The standard InChI is InChI=1S/C17H21ClN4O2S/c1-2-24-16(23)13-5-4-8-20(10-13)12-22-17(25)21(11-19-22)15-7-3-6-14(18)9-15/h3,6-7,9,11,13H,2,4-5,8,10,12H2,1H3/t13-/m0/s1. The van der Waals surface area contributed by atoms with E-state index in [1.54, 1.807) is 11.0 Å². The van der Waals surface area contributed by atoms with Gasteiger partial charge in [0.25, 0.3) is 0 Å². The van der Waals surface area contributed by atoms with E-state index >= 15 is 0 Å². The van der Waals surface area contributed by atoms with Crippen LogP contribution in [0.1, 0.15) is 19.8 Å². The van der Waals surface area contributed by atoms with E-state index in [4.69, 9.17) is 28.6 Å². The SMILES string of the molecule is CCOC(=O)[C@H]1CCCN(Cn2ncn(-c3cccc(Cl)c3)c2=S)C1. The van der Waals surface area contributed by atoms with Crippen LogP contribution in [-0.4, -0.2) is 44.9 Å². The highest BCUT2D eigenvalue weighted by Gasteiger charge is 2.27. The number of rotatable bonds is 5. The van der Waals surface area contributed by atoms with Gasteiger partial charge in [-0.05, 0) is 56.7 Å². The monoisotopic (exact) mass is 380 g/mol. The molecule has 0 saturated carbocycles. The van der Waals surface area contributed by atoms with Gasteiger partial charge in [0.1, 0.15) is 6.33 Å². The number of carbonyl (C=O) groups excluding carboxylic acids is 1. The van der Waals surface area contributed by atoms with Gasteiger partial charge >= 0.3 is 5.97 Å². The van der Waals surface area contributed by atoms with Crippen molar-refractivity contribution in [1.29, 1.82) is 0 Å². The second-order valence-electron chi connectivity index (χ2n) is 6.07. The summed E-state index contributed by atoms with van der Waals surface area (Å²) in [6.45, 7) is 4.40.